The van der Waals surface area contributed by atoms with E-state index < -0.39 is 17.9 Å². The van der Waals surface area contributed by atoms with Crippen molar-refractivity contribution in [3.63, 3.8) is 0 Å². The molecule has 0 radical (unpaired) electrons. The highest BCUT2D eigenvalue weighted by molar-refractivity contribution is 5.97. The monoisotopic (exact) mass is 587 g/mol. The van der Waals surface area contributed by atoms with Crippen LogP contribution in [0.15, 0.2) is 133 Å². The van der Waals surface area contributed by atoms with Gasteiger partial charge in [0.25, 0.3) is 5.91 Å². The SMILES string of the molecule is O=C(NC(Cc1ccc(OCc2ccccc2)cc1)C(=O)O)c1cccc(OCc2cccc(OCc3ccccc3)c2)c1. The van der Waals surface area contributed by atoms with Gasteiger partial charge in [-0.25, -0.2) is 4.79 Å². The molecule has 2 N–H and O–H groups in total. The second-order valence-electron chi connectivity index (χ2n) is 10.2. The summed E-state index contributed by atoms with van der Waals surface area (Å²) in [4.78, 5) is 25.0. The number of carboxylic acid groups (broad SMARTS) is 1. The van der Waals surface area contributed by atoms with Crippen LogP contribution in [0, 0.1) is 0 Å². The van der Waals surface area contributed by atoms with Crippen LogP contribution in [-0.4, -0.2) is 23.0 Å². The fourth-order valence-electron chi connectivity index (χ4n) is 4.50. The van der Waals surface area contributed by atoms with Gasteiger partial charge >= 0.3 is 5.97 Å². The van der Waals surface area contributed by atoms with Crippen LogP contribution < -0.4 is 19.5 Å². The molecule has 0 spiro atoms. The molecule has 0 bridgehead atoms. The maximum atomic E-state index is 13.0. The molecule has 7 nitrogen and oxygen atoms in total. The Morgan fingerprint density at radius 2 is 1.07 bits per heavy atom. The van der Waals surface area contributed by atoms with Gasteiger partial charge < -0.3 is 24.6 Å². The molecule has 5 rings (SSSR count). The highest BCUT2D eigenvalue weighted by Gasteiger charge is 2.21. The van der Waals surface area contributed by atoms with Crippen LogP contribution in [-0.2, 0) is 31.0 Å². The van der Waals surface area contributed by atoms with Crippen molar-refractivity contribution in [2.24, 2.45) is 0 Å². The molecule has 222 valence electrons. The molecule has 0 aliphatic rings. The van der Waals surface area contributed by atoms with Gasteiger partial charge in [-0.15, -0.1) is 0 Å². The van der Waals surface area contributed by atoms with Crippen LogP contribution in [0.2, 0.25) is 0 Å². The fourth-order valence-corrected chi connectivity index (χ4v) is 4.50. The third-order valence-electron chi connectivity index (χ3n) is 6.86. The molecule has 1 atom stereocenters. The van der Waals surface area contributed by atoms with Gasteiger partial charge in [-0.2, -0.15) is 0 Å². The van der Waals surface area contributed by atoms with Gasteiger partial charge in [0.05, 0.1) is 0 Å². The predicted molar refractivity (Wildman–Crippen MR) is 168 cm³/mol. The largest absolute Gasteiger partial charge is 0.489 e. The molecule has 7 heteroatoms. The Balaban J connectivity index is 1.13. The van der Waals surface area contributed by atoms with Crippen LogP contribution in [0.25, 0.3) is 0 Å². The number of carboxylic acids is 1. The molecule has 0 aliphatic heterocycles. The Kier molecular flexibility index (Phi) is 10.2. The van der Waals surface area contributed by atoms with Gasteiger partial charge in [0.1, 0.15) is 43.1 Å². The molecule has 0 saturated heterocycles. The quantitative estimate of drug-likeness (QED) is 0.148. The number of amides is 1. The summed E-state index contributed by atoms with van der Waals surface area (Å²) in [7, 11) is 0. The topological polar surface area (TPSA) is 94.1 Å². The molecule has 5 aromatic rings. The minimum atomic E-state index is -1.12. The molecule has 0 heterocycles. The van der Waals surface area contributed by atoms with Gasteiger partial charge in [-0.1, -0.05) is 91.0 Å². The molecular formula is C37H33NO6. The van der Waals surface area contributed by atoms with Gasteiger partial charge in [0.2, 0.25) is 0 Å². The summed E-state index contributed by atoms with van der Waals surface area (Å²) in [6.07, 6.45) is 0.124. The summed E-state index contributed by atoms with van der Waals surface area (Å²) in [5, 5.41) is 12.4. The standard InChI is InChI=1S/C37H33NO6/c39-36(38-35(37(40)41)22-27-17-19-32(20-18-27)42-24-28-9-3-1-4-10-28)31-14-8-16-34(23-31)44-26-30-13-7-15-33(21-30)43-25-29-11-5-2-6-12-29/h1-21,23,35H,22,24-26H2,(H,38,39)(H,40,41). The molecule has 0 fully saturated rings. The van der Waals surface area contributed by atoms with Crippen molar-refractivity contribution in [2.45, 2.75) is 32.3 Å². The number of nitrogens with one attached hydrogen (secondary N) is 1. The van der Waals surface area contributed by atoms with Gasteiger partial charge in [-0.05, 0) is 64.7 Å². The Hall–Kier alpha value is -5.56. The number of hydrogen-bond donors (Lipinski definition) is 2. The molecule has 0 saturated carbocycles. The lowest BCUT2D eigenvalue weighted by Gasteiger charge is -2.16. The molecule has 1 amide bonds. The zero-order valence-electron chi connectivity index (χ0n) is 24.1. The number of hydrogen-bond acceptors (Lipinski definition) is 5. The summed E-state index contributed by atoms with van der Waals surface area (Å²) in [5.74, 6) is 0.284. The predicted octanol–water partition coefficient (Wildman–Crippen LogP) is 6.85. The number of benzene rings is 5. The van der Waals surface area contributed by atoms with Crippen molar-refractivity contribution in [1.82, 2.24) is 5.32 Å². The van der Waals surface area contributed by atoms with E-state index in [-0.39, 0.29) is 13.0 Å². The molecule has 5 aromatic carbocycles. The lowest BCUT2D eigenvalue weighted by atomic mass is 10.1. The maximum absolute atomic E-state index is 13.0. The number of carbonyl (C=O) groups is 2. The summed E-state index contributed by atoms with van der Waals surface area (Å²) in [6, 6.07) is 40.2. The molecule has 0 aliphatic carbocycles. The first-order valence-electron chi connectivity index (χ1n) is 14.3. The average Bonchev–Trinajstić information content (AvgIpc) is 3.07. The summed E-state index contributed by atoms with van der Waals surface area (Å²) < 4.78 is 17.7. The van der Waals surface area contributed by atoms with Crippen molar-refractivity contribution in [3.8, 4) is 17.2 Å². The molecule has 44 heavy (non-hydrogen) atoms. The average molecular weight is 588 g/mol. The van der Waals surface area contributed by atoms with E-state index in [1.54, 1.807) is 48.5 Å². The summed E-state index contributed by atoms with van der Waals surface area (Å²) in [6.45, 7) is 1.18. The van der Waals surface area contributed by atoms with Crippen molar-refractivity contribution in [2.75, 3.05) is 0 Å². The summed E-state index contributed by atoms with van der Waals surface area (Å²) in [5.41, 5.74) is 4.11. The van der Waals surface area contributed by atoms with Gasteiger partial charge in [0, 0.05) is 12.0 Å². The molecular weight excluding hydrogens is 554 g/mol. The van der Waals surface area contributed by atoms with Crippen LogP contribution >= 0.6 is 0 Å². The third-order valence-corrected chi connectivity index (χ3v) is 6.86. The first kappa shape index (κ1) is 29.9. The van der Waals surface area contributed by atoms with E-state index >= 15 is 0 Å². The summed E-state index contributed by atoms with van der Waals surface area (Å²) >= 11 is 0. The van der Waals surface area contributed by atoms with Crippen molar-refractivity contribution >= 4 is 11.9 Å². The Morgan fingerprint density at radius 3 is 1.68 bits per heavy atom. The number of ether oxygens (including phenoxy) is 3. The smallest absolute Gasteiger partial charge is 0.326 e. The van der Waals surface area contributed by atoms with Crippen molar-refractivity contribution in [1.29, 1.82) is 0 Å². The van der Waals surface area contributed by atoms with Crippen LogP contribution in [0.5, 0.6) is 17.2 Å². The lowest BCUT2D eigenvalue weighted by Crippen LogP contribution is -2.42. The number of aliphatic carboxylic acids is 1. The molecule has 0 aromatic heterocycles. The highest BCUT2D eigenvalue weighted by atomic mass is 16.5. The first-order chi connectivity index (χ1) is 21.5. The van der Waals surface area contributed by atoms with Crippen LogP contribution in [0.4, 0.5) is 0 Å². The van der Waals surface area contributed by atoms with E-state index in [2.05, 4.69) is 5.32 Å². The third kappa shape index (κ3) is 8.97. The Bertz CT molecular complexity index is 1660. The van der Waals surface area contributed by atoms with Crippen molar-refractivity contribution in [3.05, 3.63) is 161 Å². The zero-order chi connectivity index (χ0) is 30.6. The molecule has 1 unspecified atom stereocenters. The Morgan fingerprint density at radius 1 is 0.545 bits per heavy atom. The lowest BCUT2D eigenvalue weighted by molar-refractivity contribution is -0.139. The minimum absolute atomic E-state index is 0.124. The van der Waals surface area contributed by atoms with E-state index in [9.17, 15) is 14.7 Å². The van der Waals surface area contributed by atoms with Crippen molar-refractivity contribution < 1.29 is 28.9 Å². The van der Waals surface area contributed by atoms with E-state index in [4.69, 9.17) is 14.2 Å². The zero-order valence-corrected chi connectivity index (χ0v) is 24.1. The number of carbonyl (C=O) groups excluding carboxylic acids is 1. The van der Waals surface area contributed by atoms with E-state index in [0.717, 1.165) is 28.0 Å². The number of rotatable bonds is 14. The minimum Gasteiger partial charge on any atom is -0.489 e. The van der Waals surface area contributed by atoms with Crippen LogP contribution in [0.3, 0.4) is 0 Å². The van der Waals surface area contributed by atoms with E-state index in [0.29, 0.717) is 30.3 Å². The van der Waals surface area contributed by atoms with E-state index in [1.165, 1.54) is 0 Å². The Labute approximate surface area is 256 Å². The highest BCUT2D eigenvalue weighted by Crippen LogP contribution is 2.20. The van der Waals surface area contributed by atoms with Crippen LogP contribution in [0.1, 0.15) is 32.6 Å². The van der Waals surface area contributed by atoms with Gasteiger partial charge in [-0.3, -0.25) is 4.79 Å². The second-order valence-corrected chi connectivity index (χ2v) is 10.2. The first-order valence-corrected chi connectivity index (χ1v) is 14.3. The van der Waals surface area contributed by atoms with Gasteiger partial charge in [0.15, 0.2) is 0 Å². The maximum Gasteiger partial charge on any atom is 0.326 e. The second kappa shape index (κ2) is 15.1. The van der Waals surface area contributed by atoms with E-state index in [1.807, 2.05) is 84.9 Å². The normalized spacial score (nSPS) is 11.3. The fraction of sp³-hybridized carbons (Fsp3) is 0.135.